The molecule has 0 saturated heterocycles. The van der Waals surface area contributed by atoms with E-state index in [4.69, 9.17) is 23.2 Å². The fourth-order valence-corrected chi connectivity index (χ4v) is 9.51. The minimum Gasteiger partial charge on any atom is -0.567 e. The molecule has 8 heteroatoms. The third kappa shape index (κ3) is 3.16. The Labute approximate surface area is 158 Å². The van der Waals surface area contributed by atoms with Crippen molar-refractivity contribution in [2.24, 2.45) is 0 Å². The second-order valence-electron chi connectivity index (χ2n) is 9.65. The van der Waals surface area contributed by atoms with Crippen LogP contribution in [0.5, 0.6) is 0 Å². The summed E-state index contributed by atoms with van der Waals surface area (Å²) >= 11 is 13.9. The molecule has 0 aliphatic heterocycles. The molecule has 4 atom stereocenters. The van der Waals surface area contributed by atoms with E-state index >= 15 is 0 Å². The quantitative estimate of drug-likeness (QED) is 0.208. The van der Waals surface area contributed by atoms with E-state index < -0.39 is 37.2 Å². The molecule has 0 aromatic rings. The van der Waals surface area contributed by atoms with E-state index in [-0.39, 0.29) is 0 Å². The summed E-state index contributed by atoms with van der Waals surface area (Å²) in [6.45, 7) is 13.1. The van der Waals surface area contributed by atoms with Crippen LogP contribution < -0.4 is 0 Å². The Morgan fingerprint density at radius 2 is 1.04 bits per heavy atom. The van der Waals surface area contributed by atoms with E-state index in [1.54, 1.807) is 0 Å². The zero-order chi connectivity index (χ0) is 18.6. The summed E-state index contributed by atoms with van der Waals surface area (Å²) in [7, 11) is -3.60. The summed E-state index contributed by atoms with van der Waals surface area (Å²) in [5.41, 5.74) is 0. The molecular formula is C16H32Cl2N2O2Si2. The molecule has 0 spiro atoms. The van der Waals surface area contributed by atoms with Crippen LogP contribution in [0.25, 0.3) is 0 Å². The average molecular weight is 412 g/mol. The van der Waals surface area contributed by atoms with Crippen LogP contribution in [0.1, 0.15) is 38.5 Å². The predicted octanol–water partition coefficient (Wildman–Crippen LogP) is 5.27. The van der Waals surface area contributed by atoms with Gasteiger partial charge in [-0.3, -0.25) is 0 Å². The third-order valence-corrected chi connectivity index (χ3v) is 16.8. The highest BCUT2D eigenvalue weighted by Crippen LogP contribution is 2.47. The number of rotatable bonds is 4. The number of azo groups is 1. The molecule has 0 aromatic heterocycles. The minimum atomic E-state index is -1.80. The average Bonchev–Trinajstić information content (AvgIpc) is 3.01. The molecular weight excluding hydrogens is 379 g/mol. The van der Waals surface area contributed by atoms with Crippen molar-refractivity contribution in [2.75, 3.05) is 0 Å². The molecule has 2 aliphatic carbocycles. The fourth-order valence-electron chi connectivity index (χ4n) is 4.49. The standard InChI is InChI=1S/C16H32Cl2N2O2Si2/c1-23(2,3)15(17)11-7-9-13(15)19(21)20(22)14-10-8-12-16(14,18)24(4,5)6/h13-14H,7-12H2,1-6H3/b20-19+/t13-,14-,15-,16-/m0/s1. The van der Waals surface area contributed by atoms with Crippen molar-refractivity contribution in [3.8, 4) is 0 Å². The van der Waals surface area contributed by atoms with E-state index in [2.05, 4.69) is 39.3 Å². The van der Waals surface area contributed by atoms with Gasteiger partial charge in [0.1, 0.15) is 8.99 Å². The molecule has 140 valence electrons. The topological polar surface area (TPSA) is 52.1 Å². The molecule has 0 unspecified atom stereocenters. The van der Waals surface area contributed by atoms with E-state index in [1.165, 1.54) is 0 Å². The van der Waals surface area contributed by atoms with Gasteiger partial charge in [0.05, 0.1) is 16.1 Å². The van der Waals surface area contributed by atoms with Crippen LogP contribution in [-0.2, 0) is 0 Å². The summed E-state index contributed by atoms with van der Waals surface area (Å²) in [4.78, 5) is 1.34. The maximum atomic E-state index is 13.0. The summed E-state index contributed by atoms with van der Waals surface area (Å²) in [5.74, 6) is 0. The van der Waals surface area contributed by atoms with Crippen LogP contribution in [0.15, 0.2) is 0 Å². The van der Waals surface area contributed by atoms with Crippen molar-refractivity contribution >= 4 is 39.3 Å². The second kappa shape index (κ2) is 6.43. The molecule has 0 amide bonds. The van der Waals surface area contributed by atoms with Gasteiger partial charge in [0, 0.05) is 22.6 Å². The maximum absolute atomic E-state index is 13.0. The Kier molecular flexibility index (Phi) is 5.50. The van der Waals surface area contributed by atoms with Crippen LogP contribution in [0.4, 0.5) is 0 Å². The van der Waals surface area contributed by atoms with Gasteiger partial charge in [-0.2, -0.15) is 0 Å². The van der Waals surface area contributed by atoms with Gasteiger partial charge in [-0.1, -0.05) is 39.3 Å². The highest BCUT2D eigenvalue weighted by molar-refractivity contribution is 6.87. The second-order valence-corrected chi connectivity index (χ2v) is 22.4. The lowest BCUT2D eigenvalue weighted by Crippen LogP contribution is -2.60. The first-order valence-corrected chi connectivity index (χ1v) is 16.8. The van der Waals surface area contributed by atoms with Gasteiger partial charge >= 0.3 is 0 Å². The van der Waals surface area contributed by atoms with Crippen molar-refractivity contribution in [1.29, 1.82) is 0 Å². The van der Waals surface area contributed by atoms with Crippen molar-refractivity contribution < 1.29 is 9.72 Å². The molecule has 2 aliphatic rings. The lowest BCUT2D eigenvalue weighted by atomic mass is 10.2. The van der Waals surface area contributed by atoms with Gasteiger partial charge in [-0.05, 0) is 25.7 Å². The van der Waals surface area contributed by atoms with Gasteiger partial charge in [0.25, 0.3) is 0 Å². The van der Waals surface area contributed by atoms with Crippen LogP contribution in [0.2, 0.25) is 39.3 Å². The first-order valence-electron chi connectivity index (χ1n) is 9.06. The summed E-state index contributed by atoms with van der Waals surface area (Å²) in [5, 5.41) is 26.1. The first kappa shape index (κ1) is 20.5. The predicted molar refractivity (Wildman–Crippen MR) is 106 cm³/mol. The van der Waals surface area contributed by atoms with Gasteiger partial charge < -0.3 is 10.4 Å². The molecule has 0 heterocycles. The third-order valence-electron chi connectivity index (χ3n) is 6.31. The van der Waals surface area contributed by atoms with E-state index in [1.807, 2.05) is 0 Å². The van der Waals surface area contributed by atoms with Gasteiger partial charge in [-0.15, -0.1) is 23.2 Å². The molecule has 0 radical (unpaired) electrons. The summed E-state index contributed by atoms with van der Waals surface area (Å²) in [6, 6.07) is -0.849. The zero-order valence-corrected chi connectivity index (χ0v) is 19.4. The maximum Gasteiger partial charge on any atom is 0.245 e. The Morgan fingerprint density at radius 3 is 1.29 bits per heavy atom. The SMILES string of the molecule is C[Si](C)(C)[C@@]1(Cl)CCC[C@@H]1/[N+]([O-])=[N+](\[O-])[C@H]1CCC[C@]1(Cl)[Si](C)(C)C. The number of halogens is 2. The molecule has 2 saturated carbocycles. The van der Waals surface area contributed by atoms with Crippen LogP contribution in [-0.4, -0.2) is 46.9 Å². The molecule has 4 nitrogen and oxygen atoms in total. The van der Waals surface area contributed by atoms with Crippen LogP contribution >= 0.6 is 23.2 Å². The Balaban J connectivity index is 2.41. The first-order chi connectivity index (χ1) is 10.8. The largest absolute Gasteiger partial charge is 0.567 e. The van der Waals surface area contributed by atoms with Crippen molar-refractivity contribution in [2.45, 2.75) is 98.9 Å². The molecule has 0 aromatic carbocycles. The Morgan fingerprint density at radius 1 is 0.750 bits per heavy atom. The van der Waals surface area contributed by atoms with Crippen molar-refractivity contribution in [3.63, 3.8) is 0 Å². The van der Waals surface area contributed by atoms with Gasteiger partial charge in [0.2, 0.25) is 12.1 Å². The van der Waals surface area contributed by atoms with E-state index in [0.717, 1.165) is 25.7 Å². The highest BCUT2D eigenvalue weighted by Gasteiger charge is 2.61. The minimum absolute atomic E-state index is 0.425. The van der Waals surface area contributed by atoms with Crippen LogP contribution in [0.3, 0.4) is 0 Å². The van der Waals surface area contributed by atoms with Gasteiger partial charge in [0.15, 0.2) is 0 Å². The number of alkyl halides is 2. The van der Waals surface area contributed by atoms with Gasteiger partial charge in [-0.25, -0.2) is 0 Å². The number of hydrogen-bond acceptors (Lipinski definition) is 2. The van der Waals surface area contributed by atoms with E-state index in [9.17, 15) is 10.4 Å². The normalized spacial score (nSPS) is 39.2. The smallest absolute Gasteiger partial charge is 0.245 e. The molecule has 0 bridgehead atoms. The lowest BCUT2D eigenvalue weighted by Gasteiger charge is -2.38. The summed E-state index contributed by atoms with van der Waals surface area (Å²) < 4.78 is -1.08. The molecule has 2 rings (SSSR count). The zero-order valence-electron chi connectivity index (χ0n) is 15.9. The number of nitrogens with zero attached hydrogens (tertiary/aromatic N) is 2. The summed E-state index contributed by atoms with van der Waals surface area (Å²) in [6.07, 6.45) is 4.87. The monoisotopic (exact) mass is 410 g/mol. The lowest BCUT2D eigenvalue weighted by molar-refractivity contribution is -0.996. The number of hydrogen-bond donors (Lipinski definition) is 0. The van der Waals surface area contributed by atoms with Crippen molar-refractivity contribution in [1.82, 2.24) is 0 Å². The highest BCUT2D eigenvalue weighted by atomic mass is 35.5. The molecule has 2 fully saturated rings. The van der Waals surface area contributed by atoms with Crippen molar-refractivity contribution in [3.05, 3.63) is 10.4 Å². The Bertz CT molecular complexity index is 487. The molecule has 24 heavy (non-hydrogen) atoms. The van der Waals surface area contributed by atoms with Crippen LogP contribution in [0, 0.1) is 10.4 Å². The fraction of sp³-hybridized carbons (Fsp3) is 1.00. The van der Waals surface area contributed by atoms with E-state index in [0.29, 0.717) is 22.6 Å². The number of hydroxylamine groups is 2. The Hall–Kier alpha value is 0.214. The molecule has 0 N–H and O–H groups in total.